The highest BCUT2D eigenvalue weighted by molar-refractivity contribution is 6.70. The molecule has 0 spiro atoms. The molecule has 5 heteroatoms. The quantitative estimate of drug-likeness (QED) is 0.450. The van der Waals surface area contributed by atoms with Gasteiger partial charge in [-0.2, -0.15) is 0 Å². The van der Waals surface area contributed by atoms with Crippen LogP contribution in [-0.4, -0.2) is 28.8 Å². The standard InChI is InChI=1S/C15H31ClO2Si2/c1-10-11-14(12(2)16)15(18-20(7,8)9)13(3)17-19(4,5)6/h10-11,13,15H,1-9H3/b11-10-,14-12-. The maximum Gasteiger partial charge on any atom is 0.184 e. The summed E-state index contributed by atoms with van der Waals surface area (Å²) in [5, 5.41) is 0.775. The van der Waals surface area contributed by atoms with Crippen molar-refractivity contribution in [2.75, 3.05) is 0 Å². The molecule has 0 amide bonds. The maximum atomic E-state index is 6.36. The number of rotatable bonds is 7. The molecule has 0 fully saturated rings. The van der Waals surface area contributed by atoms with Gasteiger partial charge in [0.05, 0.1) is 12.2 Å². The van der Waals surface area contributed by atoms with E-state index >= 15 is 0 Å². The Kier molecular flexibility index (Phi) is 7.99. The van der Waals surface area contributed by atoms with Crippen LogP contribution in [0.3, 0.4) is 0 Å². The summed E-state index contributed by atoms with van der Waals surface area (Å²) >= 11 is 6.28. The van der Waals surface area contributed by atoms with Crippen molar-refractivity contribution in [3.8, 4) is 0 Å². The Morgan fingerprint density at radius 1 is 1.00 bits per heavy atom. The van der Waals surface area contributed by atoms with Crippen LogP contribution >= 0.6 is 11.6 Å². The second-order valence-electron chi connectivity index (χ2n) is 7.07. The third-order valence-electron chi connectivity index (χ3n) is 2.50. The van der Waals surface area contributed by atoms with Gasteiger partial charge in [-0.3, -0.25) is 0 Å². The SMILES string of the molecule is C/C=C\C(=C(/C)Cl)C(O[Si](C)(C)C)C(C)O[Si](C)(C)C. The summed E-state index contributed by atoms with van der Waals surface area (Å²) in [5.41, 5.74) is 1.03. The van der Waals surface area contributed by atoms with E-state index < -0.39 is 16.6 Å². The van der Waals surface area contributed by atoms with E-state index in [4.69, 9.17) is 20.5 Å². The first kappa shape index (κ1) is 20.1. The van der Waals surface area contributed by atoms with Crippen molar-refractivity contribution >= 4 is 28.2 Å². The van der Waals surface area contributed by atoms with Gasteiger partial charge in [-0.05, 0) is 65.6 Å². The molecule has 0 saturated heterocycles. The topological polar surface area (TPSA) is 18.5 Å². The molecule has 2 atom stereocenters. The molecule has 0 aliphatic rings. The first-order chi connectivity index (χ1) is 8.87. The number of halogens is 1. The highest BCUT2D eigenvalue weighted by atomic mass is 35.5. The number of allylic oxidation sites excluding steroid dienone is 2. The molecule has 0 aromatic heterocycles. The van der Waals surface area contributed by atoms with E-state index in [1.54, 1.807) is 0 Å². The zero-order valence-electron chi connectivity index (χ0n) is 14.5. The zero-order chi connectivity index (χ0) is 16.1. The minimum absolute atomic E-state index is 0.00768. The van der Waals surface area contributed by atoms with Gasteiger partial charge in [-0.15, -0.1) is 0 Å². The van der Waals surface area contributed by atoms with Crippen molar-refractivity contribution in [3.05, 3.63) is 22.8 Å². The molecule has 2 nitrogen and oxygen atoms in total. The molecule has 0 heterocycles. The van der Waals surface area contributed by atoms with Crippen molar-refractivity contribution in [1.82, 2.24) is 0 Å². The summed E-state index contributed by atoms with van der Waals surface area (Å²) < 4.78 is 12.6. The highest BCUT2D eigenvalue weighted by Gasteiger charge is 2.31. The molecule has 0 radical (unpaired) electrons. The minimum atomic E-state index is -1.69. The van der Waals surface area contributed by atoms with E-state index in [2.05, 4.69) is 46.2 Å². The van der Waals surface area contributed by atoms with Crippen molar-refractivity contribution < 1.29 is 8.85 Å². The van der Waals surface area contributed by atoms with Gasteiger partial charge in [-0.25, -0.2) is 0 Å². The molecule has 2 unspecified atom stereocenters. The van der Waals surface area contributed by atoms with Gasteiger partial charge in [0.25, 0.3) is 0 Å². The van der Waals surface area contributed by atoms with Gasteiger partial charge in [0.1, 0.15) is 0 Å². The van der Waals surface area contributed by atoms with Crippen LogP contribution in [0.4, 0.5) is 0 Å². The molecule has 0 saturated carbocycles. The van der Waals surface area contributed by atoms with Crippen LogP contribution < -0.4 is 0 Å². The van der Waals surface area contributed by atoms with E-state index in [-0.39, 0.29) is 12.2 Å². The van der Waals surface area contributed by atoms with Gasteiger partial charge in [0.15, 0.2) is 16.6 Å². The normalized spacial score (nSPS) is 18.1. The Morgan fingerprint density at radius 3 is 1.75 bits per heavy atom. The Morgan fingerprint density at radius 2 is 1.45 bits per heavy atom. The first-order valence-electron chi connectivity index (χ1n) is 7.22. The molecule has 0 N–H and O–H groups in total. The lowest BCUT2D eigenvalue weighted by molar-refractivity contribution is 0.0805. The van der Waals surface area contributed by atoms with Crippen molar-refractivity contribution in [1.29, 1.82) is 0 Å². The fourth-order valence-electron chi connectivity index (χ4n) is 2.00. The monoisotopic (exact) mass is 334 g/mol. The van der Waals surface area contributed by atoms with Crippen LogP contribution in [0.15, 0.2) is 22.8 Å². The van der Waals surface area contributed by atoms with Crippen molar-refractivity contribution in [2.24, 2.45) is 0 Å². The van der Waals surface area contributed by atoms with E-state index in [0.717, 1.165) is 10.6 Å². The smallest absolute Gasteiger partial charge is 0.184 e. The summed E-state index contributed by atoms with van der Waals surface area (Å²) in [6.45, 7) is 19.2. The maximum absolute atomic E-state index is 6.36. The van der Waals surface area contributed by atoms with Gasteiger partial charge in [0.2, 0.25) is 0 Å². The van der Waals surface area contributed by atoms with Crippen LogP contribution in [-0.2, 0) is 8.85 Å². The van der Waals surface area contributed by atoms with E-state index in [9.17, 15) is 0 Å². The number of hydrogen-bond donors (Lipinski definition) is 0. The lowest BCUT2D eigenvalue weighted by Gasteiger charge is -2.35. The Labute approximate surface area is 132 Å². The van der Waals surface area contributed by atoms with Gasteiger partial charge in [-0.1, -0.05) is 23.8 Å². The highest BCUT2D eigenvalue weighted by Crippen LogP contribution is 2.26. The Hall–Kier alpha value is 0.124. The molecule has 0 bridgehead atoms. The molecule has 0 aromatic carbocycles. The van der Waals surface area contributed by atoms with Crippen LogP contribution in [0.25, 0.3) is 0 Å². The molecular weight excluding hydrogens is 304 g/mol. The predicted molar refractivity (Wildman–Crippen MR) is 95.5 cm³/mol. The third-order valence-corrected chi connectivity index (χ3v) is 4.75. The van der Waals surface area contributed by atoms with Crippen molar-refractivity contribution in [2.45, 2.75) is 72.3 Å². The molecule has 20 heavy (non-hydrogen) atoms. The third kappa shape index (κ3) is 8.42. The Bertz CT molecular complexity index is 361. The first-order valence-corrected chi connectivity index (χ1v) is 14.4. The van der Waals surface area contributed by atoms with Gasteiger partial charge in [0, 0.05) is 5.03 Å². The molecule has 0 aromatic rings. The fraction of sp³-hybridized carbons (Fsp3) is 0.733. The number of hydrogen-bond acceptors (Lipinski definition) is 2. The summed E-state index contributed by atoms with van der Waals surface area (Å²) in [7, 11) is -3.30. The van der Waals surface area contributed by atoms with Gasteiger partial charge < -0.3 is 8.85 Å². The van der Waals surface area contributed by atoms with Crippen molar-refractivity contribution in [3.63, 3.8) is 0 Å². The molecule has 0 rings (SSSR count). The van der Waals surface area contributed by atoms with Crippen LogP contribution in [0.5, 0.6) is 0 Å². The predicted octanol–water partition coefficient (Wildman–Crippen LogP) is 5.54. The summed E-state index contributed by atoms with van der Waals surface area (Å²) in [6.07, 6.45) is 3.95. The summed E-state index contributed by atoms with van der Waals surface area (Å²) in [4.78, 5) is 0. The van der Waals surface area contributed by atoms with Gasteiger partial charge >= 0.3 is 0 Å². The summed E-state index contributed by atoms with van der Waals surface area (Å²) in [5.74, 6) is 0. The zero-order valence-corrected chi connectivity index (χ0v) is 17.3. The summed E-state index contributed by atoms with van der Waals surface area (Å²) in [6, 6.07) is 0. The van der Waals surface area contributed by atoms with Crippen LogP contribution in [0, 0.1) is 0 Å². The van der Waals surface area contributed by atoms with Crippen LogP contribution in [0.1, 0.15) is 20.8 Å². The van der Waals surface area contributed by atoms with E-state index in [1.165, 1.54) is 0 Å². The molecule has 0 aliphatic heterocycles. The lowest BCUT2D eigenvalue weighted by atomic mass is 10.1. The largest absolute Gasteiger partial charge is 0.412 e. The van der Waals surface area contributed by atoms with E-state index in [1.807, 2.05) is 26.0 Å². The van der Waals surface area contributed by atoms with E-state index in [0.29, 0.717) is 0 Å². The molecule has 0 aliphatic carbocycles. The molecular formula is C15H31ClO2Si2. The average Bonchev–Trinajstić information content (AvgIpc) is 2.18. The lowest BCUT2D eigenvalue weighted by Crippen LogP contribution is -2.44. The second-order valence-corrected chi connectivity index (χ2v) is 16.6. The Balaban J connectivity index is 5.43. The average molecular weight is 335 g/mol. The molecule has 118 valence electrons. The minimum Gasteiger partial charge on any atom is -0.412 e. The second kappa shape index (κ2) is 7.94. The van der Waals surface area contributed by atoms with Crippen LogP contribution in [0.2, 0.25) is 39.3 Å². The fourth-order valence-corrected chi connectivity index (χ4v) is 4.49.